The molecule has 4 rings (SSSR count). The number of thioether (sulfide) groups is 1. The first-order valence-electron chi connectivity index (χ1n) is 10.2. The van der Waals surface area contributed by atoms with Crippen LogP contribution in [0.2, 0.25) is 0 Å². The quantitative estimate of drug-likeness (QED) is 0.741. The van der Waals surface area contributed by atoms with Crippen molar-refractivity contribution in [2.45, 2.75) is 51.0 Å². The molecule has 1 aliphatic heterocycles. The fourth-order valence-corrected chi connectivity index (χ4v) is 7.01. The molecular formula is C21H27N3O3S2. The van der Waals surface area contributed by atoms with E-state index in [2.05, 4.69) is 5.10 Å². The van der Waals surface area contributed by atoms with E-state index in [0.717, 1.165) is 65.1 Å². The predicted octanol–water partition coefficient (Wildman–Crippen LogP) is 2.85. The molecule has 0 radical (unpaired) electrons. The first-order chi connectivity index (χ1) is 13.9. The second kappa shape index (κ2) is 8.24. The molecule has 0 unspecified atom stereocenters. The van der Waals surface area contributed by atoms with Crippen LogP contribution in [0.1, 0.15) is 36.5 Å². The standard InChI is InChI=1S/C21H27N3O3S2/c1-3-24-21(25)18-7-5-4-6-17(18)20(22-24)16-9-8-15(2)19(14-16)29(26,27)23-10-12-28-13-11-23/h8-9,14H,3-7,10-13H2,1-2H3. The van der Waals surface area contributed by atoms with Crippen LogP contribution in [0, 0.1) is 6.92 Å². The normalized spacial score (nSPS) is 17.9. The van der Waals surface area contributed by atoms with E-state index in [1.54, 1.807) is 22.1 Å². The Bertz CT molecular complexity index is 1090. The maximum atomic E-state index is 13.3. The van der Waals surface area contributed by atoms with Gasteiger partial charge in [-0.3, -0.25) is 4.79 Å². The Morgan fingerprint density at radius 1 is 1.10 bits per heavy atom. The zero-order valence-corrected chi connectivity index (χ0v) is 18.6. The summed E-state index contributed by atoms with van der Waals surface area (Å²) in [5.41, 5.74) is 4.11. The van der Waals surface area contributed by atoms with Gasteiger partial charge in [-0.2, -0.15) is 21.2 Å². The number of hydrogen-bond donors (Lipinski definition) is 0. The topological polar surface area (TPSA) is 72.3 Å². The van der Waals surface area contributed by atoms with Crippen LogP contribution in [-0.4, -0.2) is 47.1 Å². The van der Waals surface area contributed by atoms with E-state index in [9.17, 15) is 13.2 Å². The second-order valence-corrected chi connectivity index (χ2v) is 10.8. The van der Waals surface area contributed by atoms with Crippen LogP contribution in [0.15, 0.2) is 27.9 Å². The van der Waals surface area contributed by atoms with Crippen LogP contribution in [0.5, 0.6) is 0 Å². The van der Waals surface area contributed by atoms with E-state index in [0.29, 0.717) is 24.5 Å². The molecule has 156 valence electrons. The summed E-state index contributed by atoms with van der Waals surface area (Å²) >= 11 is 1.79. The van der Waals surface area contributed by atoms with Crippen molar-refractivity contribution in [3.8, 4) is 11.3 Å². The van der Waals surface area contributed by atoms with Gasteiger partial charge in [0.25, 0.3) is 5.56 Å². The monoisotopic (exact) mass is 433 g/mol. The summed E-state index contributed by atoms with van der Waals surface area (Å²) in [5, 5.41) is 4.63. The molecule has 1 aliphatic carbocycles. The van der Waals surface area contributed by atoms with E-state index >= 15 is 0 Å². The maximum Gasteiger partial charge on any atom is 0.270 e. The van der Waals surface area contributed by atoms with Crippen molar-refractivity contribution in [3.05, 3.63) is 45.2 Å². The Morgan fingerprint density at radius 3 is 2.48 bits per heavy atom. The molecule has 0 N–H and O–H groups in total. The highest BCUT2D eigenvalue weighted by Gasteiger charge is 2.29. The largest absolute Gasteiger partial charge is 0.270 e. The van der Waals surface area contributed by atoms with Crippen molar-refractivity contribution in [1.29, 1.82) is 0 Å². The van der Waals surface area contributed by atoms with E-state index in [1.165, 1.54) is 4.68 Å². The number of rotatable bonds is 4. The third-order valence-corrected chi connectivity index (χ3v) is 8.80. The number of hydrogen-bond acceptors (Lipinski definition) is 5. The van der Waals surface area contributed by atoms with Crippen LogP contribution in [0.4, 0.5) is 0 Å². The Labute approximate surface area is 176 Å². The van der Waals surface area contributed by atoms with Crippen LogP contribution in [-0.2, 0) is 29.4 Å². The van der Waals surface area contributed by atoms with Gasteiger partial charge >= 0.3 is 0 Å². The molecule has 0 atom stereocenters. The summed E-state index contributed by atoms with van der Waals surface area (Å²) in [6.45, 7) is 5.34. The molecule has 1 aromatic heterocycles. The number of fused-ring (bicyclic) bond motifs is 1. The molecule has 2 heterocycles. The van der Waals surface area contributed by atoms with Crippen molar-refractivity contribution in [3.63, 3.8) is 0 Å². The zero-order chi connectivity index (χ0) is 20.6. The highest BCUT2D eigenvalue weighted by molar-refractivity contribution is 7.99. The molecule has 0 spiro atoms. The van der Waals surface area contributed by atoms with Crippen molar-refractivity contribution in [2.24, 2.45) is 0 Å². The van der Waals surface area contributed by atoms with E-state index in [-0.39, 0.29) is 5.56 Å². The number of sulfonamides is 1. The Balaban J connectivity index is 1.86. The summed E-state index contributed by atoms with van der Waals surface area (Å²) in [6, 6.07) is 5.55. The number of benzene rings is 1. The average molecular weight is 434 g/mol. The minimum absolute atomic E-state index is 0.00303. The lowest BCUT2D eigenvalue weighted by Gasteiger charge is -2.26. The lowest BCUT2D eigenvalue weighted by atomic mass is 9.89. The van der Waals surface area contributed by atoms with Crippen LogP contribution >= 0.6 is 11.8 Å². The smallest absolute Gasteiger partial charge is 0.267 e. The van der Waals surface area contributed by atoms with Crippen molar-refractivity contribution in [1.82, 2.24) is 14.1 Å². The van der Waals surface area contributed by atoms with Crippen LogP contribution < -0.4 is 5.56 Å². The first kappa shape index (κ1) is 20.6. The lowest BCUT2D eigenvalue weighted by molar-refractivity contribution is 0.443. The summed E-state index contributed by atoms with van der Waals surface area (Å²) < 4.78 is 29.7. The first-order valence-corrected chi connectivity index (χ1v) is 12.8. The van der Waals surface area contributed by atoms with Gasteiger partial charge in [-0.25, -0.2) is 13.1 Å². The summed E-state index contributed by atoms with van der Waals surface area (Å²) in [7, 11) is -3.54. The van der Waals surface area contributed by atoms with Gasteiger partial charge in [-0.15, -0.1) is 0 Å². The van der Waals surface area contributed by atoms with Crippen LogP contribution in [0.3, 0.4) is 0 Å². The number of aromatic nitrogens is 2. The van der Waals surface area contributed by atoms with Crippen molar-refractivity contribution >= 4 is 21.8 Å². The number of nitrogens with zero attached hydrogens (tertiary/aromatic N) is 3. The molecule has 1 aromatic carbocycles. The molecule has 6 nitrogen and oxygen atoms in total. The fraction of sp³-hybridized carbons (Fsp3) is 0.524. The minimum Gasteiger partial charge on any atom is -0.267 e. The molecule has 1 fully saturated rings. The molecule has 0 saturated carbocycles. The molecule has 2 aliphatic rings. The predicted molar refractivity (Wildman–Crippen MR) is 117 cm³/mol. The zero-order valence-electron chi connectivity index (χ0n) is 17.0. The van der Waals surface area contributed by atoms with Gasteiger partial charge in [0.1, 0.15) is 0 Å². The SMILES string of the molecule is CCn1nc(-c2ccc(C)c(S(=O)(=O)N3CCSCC3)c2)c2c(c1=O)CCCC2. The molecule has 0 bridgehead atoms. The van der Waals surface area contributed by atoms with Gasteiger partial charge in [0.15, 0.2) is 0 Å². The van der Waals surface area contributed by atoms with Gasteiger partial charge in [-0.05, 0) is 56.7 Å². The number of aryl methyl sites for hydroxylation is 2. The molecule has 8 heteroatoms. The third kappa shape index (κ3) is 3.78. The maximum absolute atomic E-state index is 13.3. The van der Waals surface area contributed by atoms with E-state index in [1.807, 2.05) is 26.0 Å². The molecule has 2 aromatic rings. The molecular weight excluding hydrogens is 406 g/mol. The fourth-order valence-electron chi connectivity index (χ4n) is 4.18. The van der Waals surface area contributed by atoms with Gasteiger partial charge in [0, 0.05) is 42.3 Å². The Kier molecular flexibility index (Phi) is 5.86. The van der Waals surface area contributed by atoms with Gasteiger partial charge < -0.3 is 0 Å². The Hall–Kier alpha value is -1.64. The average Bonchev–Trinajstić information content (AvgIpc) is 2.75. The van der Waals surface area contributed by atoms with Crippen molar-refractivity contribution < 1.29 is 8.42 Å². The minimum atomic E-state index is -3.54. The van der Waals surface area contributed by atoms with Gasteiger partial charge in [-0.1, -0.05) is 12.1 Å². The lowest BCUT2D eigenvalue weighted by Crippen LogP contribution is -2.38. The highest BCUT2D eigenvalue weighted by atomic mass is 32.2. The van der Waals surface area contributed by atoms with E-state index < -0.39 is 10.0 Å². The molecule has 29 heavy (non-hydrogen) atoms. The third-order valence-electron chi connectivity index (χ3n) is 5.82. The van der Waals surface area contributed by atoms with Gasteiger partial charge in [0.05, 0.1) is 10.6 Å². The van der Waals surface area contributed by atoms with E-state index in [4.69, 9.17) is 0 Å². The Morgan fingerprint density at radius 2 is 1.79 bits per heavy atom. The van der Waals surface area contributed by atoms with Crippen LogP contribution in [0.25, 0.3) is 11.3 Å². The van der Waals surface area contributed by atoms with Gasteiger partial charge in [0.2, 0.25) is 10.0 Å². The summed E-state index contributed by atoms with van der Waals surface area (Å²) in [4.78, 5) is 13.1. The summed E-state index contributed by atoms with van der Waals surface area (Å²) in [5.74, 6) is 1.66. The highest BCUT2D eigenvalue weighted by Crippen LogP contribution is 2.32. The van der Waals surface area contributed by atoms with Crippen molar-refractivity contribution in [2.75, 3.05) is 24.6 Å². The molecule has 1 saturated heterocycles. The second-order valence-electron chi connectivity index (χ2n) is 7.63. The molecule has 0 amide bonds. The summed E-state index contributed by atoms with van der Waals surface area (Å²) in [6.07, 6.45) is 3.62.